The fourth-order valence-electron chi connectivity index (χ4n) is 1.96. The fraction of sp³-hybridized carbons (Fsp3) is 0.357. The van der Waals surface area contributed by atoms with Gasteiger partial charge in [0.15, 0.2) is 0 Å². The van der Waals surface area contributed by atoms with Gasteiger partial charge in [0.25, 0.3) is 0 Å². The molecule has 0 unspecified atom stereocenters. The Bertz CT molecular complexity index is 531. The van der Waals surface area contributed by atoms with E-state index in [1.165, 1.54) is 10.9 Å². The quantitative estimate of drug-likeness (QED) is 0.784. The fourth-order valence-corrected chi connectivity index (χ4v) is 1.96. The Labute approximate surface area is 107 Å². The Morgan fingerprint density at radius 3 is 2.94 bits per heavy atom. The predicted octanol–water partition coefficient (Wildman–Crippen LogP) is 1.49. The Morgan fingerprint density at radius 1 is 1.39 bits per heavy atom. The van der Waals surface area contributed by atoms with Crippen LogP contribution in [0.25, 0.3) is 10.9 Å². The largest absolute Gasteiger partial charge is 0.355 e. The smallest absolute Gasteiger partial charge is 0.236 e. The van der Waals surface area contributed by atoms with E-state index >= 15 is 0 Å². The lowest BCUT2D eigenvalue weighted by atomic mass is 10.2. The standard InChI is InChI=1S/C14H19N3O/c1-11(15)14(18)16-8-4-9-17-10-7-12-5-2-3-6-13(12)17/h2-3,5-7,10-11H,4,8-9,15H2,1H3,(H,16,18)/t11-/m1/s1. The van der Waals surface area contributed by atoms with Crippen molar-refractivity contribution in [2.75, 3.05) is 6.54 Å². The van der Waals surface area contributed by atoms with Gasteiger partial charge in [-0.25, -0.2) is 0 Å². The molecular formula is C14H19N3O. The molecule has 1 aromatic heterocycles. The summed E-state index contributed by atoms with van der Waals surface area (Å²) in [6, 6.07) is 9.96. The maximum atomic E-state index is 11.3. The highest BCUT2D eigenvalue weighted by atomic mass is 16.2. The van der Waals surface area contributed by atoms with Crippen LogP contribution in [0.3, 0.4) is 0 Å². The first-order valence-corrected chi connectivity index (χ1v) is 6.25. The average molecular weight is 245 g/mol. The van der Waals surface area contributed by atoms with Gasteiger partial charge in [-0.3, -0.25) is 4.79 Å². The zero-order valence-corrected chi connectivity index (χ0v) is 10.6. The molecule has 1 amide bonds. The van der Waals surface area contributed by atoms with Crippen molar-refractivity contribution in [2.45, 2.75) is 25.9 Å². The lowest BCUT2D eigenvalue weighted by molar-refractivity contribution is -0.121. The molecule has 1 aromatic carbocycles. The highest BCUT2D eigenvalue weighted by Crippen LogP contribution is 2.15. The second-order valence-corrected chi connectivity index (χ2v) is 4.50. The third kappa shape index (κ3) is 2.90. The van der Waals surface area contributed by atoms with Gasteiger partial charge in [-0.15, -0.1) is 0 Å². The van der Waals surface area contributed by atoms with Gasteiger partial charge >= 0.3 is 0 Å². The molecule has 0 spiro atoms. The molecule has 0 bridgehead atoms. The number of benzene rings is 1. The molecular weight excluding hydrogens is 226 g/mol. The molecule has 3 N–H and O–H groups in total. The summed E-state index contributed by atoms with van der Waals surface area (Å²) in [5, 5.41) is 4.06. The van der Waals surface area contributed by atoms with E-state index in [1.807, 2.05) is 12.1 Å². The van der Waals surface area contributed by atoms with E-state index < -0.39 is 6.04 Å². The second-order valence-electron chi connectivity index (χ2n) is 4.50. The van der Waals surface area contributed by atoms with Crippen LogP contribution in [0.15, 0.2) is 36.5 Å². The van der Waals surface area contributed by atoms with Gasteiger partial charge in [-0.05, 0) is 30.9 Å². The highest BCUT2D eigenvalue weighted by molar-refractivity contribution is 5.81. The molecule has 2 aromatic rings. The van der Waals surface area contributed by atoms with Crippen molar-refractivity contribution in [3.05, 3.63) is 36.5 Å². The van der Waals surface area contributed by atoms with Gasteiger partial charge in [-0.2, -0.15) is 0 Å². The molecule has 0 aliphatic rings. The van der Waals surface area contributed by atoms with Crippen molar-refractivity contribution in [2.24, 2.45) is 5.73 Å². The molecule has 0 aliphatic carbocycles. The van der Waals surface area contributed by atoms with Gasteiger partial charge in [0.1, 0.15) is 0 Å². The first kappa shape index (κ1) is 12.6. The number of carbonyl (C=O) groups is 1. The van der Waals surface area contributed by atoms with Gasteiger partial charge in [0, 0.05) is 24.8 Å². The topological polar surface area (TPSA) is 60.1 Å². The Morgan fingerprint density at radius 2 is 2.17 bits per heavy atom. The van der Waals surface area contributed by atoms with Crippen LogP contribution in [-0.4, -0.2) is 23.1 Å². The van der Waals surface area contributed by atoms with E-state index in [4.69, 9.17) is 5.73 Å². The van der Waals surface area contributed by atoms with E-state index in [9.17, 15) is 4.79 Å². The van der Waals surface area contributed by atoms with E-state index in [0.717, 1.165) is 13.0 Å². The van der Waals surface area contributed by atoms with Gasteiger partial charge in [0.05, 0.1) is 6.04 Å². The summed E-state index contributed by atoms with van der Waals surface area (Å²) in [6.45, 7) is 3.24. The lowest BCUT2D eigenvalue weighted by Crippen LogP contribution is -2.38. The van der Waals surface area contributed by atoms with Crippen LogP contribution in [0.4, 0.5) is 0 Å². The summed E-state index contributed by atoms with van der Waals surface area (Å²) < 4.78 is 2.20. The monoisotopic (exact) mass is 245 g/mol. The number of rotatable bonds is 5. The number of amides is 1. The Hall–Kier alpha value is -1.81. The molecule has 2 rings (SSSR count). The number of aryl methyl sites for hydroxylation is 1. The van der Waals surface area contributed by atoms with Crippen molar-refractivity contribution in [1.29, 1.82) is 0 Å². The number of aromatic nitrogens is 1. The molecule has 18 heavy (non-hydrogen) atoms. The van der Waals surface area contributed by atoms with Crippen molar-refractivity contribution in [3.8, 4) is 0 Å². The number of nitrogens with two attached hydrogens (primary N) is 1. The molecule has 1 atom stereocenters. The SMILES string of the molecule is C[C@@H](N)C(=O)NCCCn1ccc2ccccc21. The number of para-hydroxylation sites is 1. The Balaban J connectivity index is 1.85. The summed E-state index contributed by atoms with van der Waals surface area (Å²) in [6.07, 6.45) is 2.98. The zero-order valence-electron chi connectivity index (χ0n) is 10.6. The van der Waals surface area contributed by atoms with Crippen molar-refractivity contribution in [3.63, 3.8) is 0 Å². The first-order valence-electron chi connectivity index (χ1n) is 6.25. The normalized spacial score (nSPS) is 12.6. The van der Waals surface area contributed by atoms with Crippen LogP contribution in [0, 0.1) is 0 Å². The average Bonchev–Trinajstić information content (AvgIpc) is 2.77. The third-order valence-electron chi connectivity index (χ3n) is 2.97. The summed E-state index contributed by atoms with van der Waals surface area (Å²) in [4.78, 5) is 11.3. The van der Waals surface area contributed by atoms with Crippen LogP contribution in [0.5, 0.6) is 0 Å². The Kier molecular flexibility index (Phi) is 3.99. The van der Waals surface area contributed by atoms with E-state index in [1.54, 1.807) is 6.92 Å². The highest BCUT2D eigenvalue weighted by Gasteiger charge is 2.05. The minimum absolute atomic E-state index is 0.0904. The number of hydrogen-bond donors (Lipinski definition) is 2. The van der Waals surface area contributed by atoms with Crippen LogP contribution in [0.2, 0.25) is 0 Å². The molecule has 0 saturated carbocycles. The van der Waals surface area contributed by atoms with E-state index in [0.29, 0.717) is 6.54 Å². The van der Waals surface area contributed by atoms with Gasteiger partial charge in [-0.1, -0.05) is 18.2 Å². The maximum Gasteiger partial charge on any atom is 0.236 e. The van der Waals surface area contributed by atoms with Crippen LogP contribution in [-0.2, 0) is 11.3 Å². The number of nitrogens with zero attached hydrogens (tertiary/aromatic N) is 1. The molecule has 0 saturated heterocycles. The third-order valence-corrected chi connectivity index (χ3v) is 2.97. The summed E-state index contributed by atoms with van der Waals surface area (Å²) >= 11 is 0. The second kappa shape index (κ2) is 5.69. The van der Waals surface area contributed by atoms with Crippen LogP contribution >= 0.6 is 0 Å². The molecule has 96 valence electrons. The van der Waals surface area contributed by atoms with Crippen LogP contribution < -0.4 is 11.1 Å². The zero-order chi connectivity index (χ0) is 13.0. The lowest BCUT2D eigenvalue weighted by Gasteiger charge is -2.08. The molecule has 0 aliphatic heterocycles. The minimum Gasteiger partial charge on any atom is -0.355 e. The maximum absolute atomic E-state index is 11.3. The summed E-state index contributed by atoms with van der Waals surface area (Å²) in [5.41, 5.74) is 6.70. The molecule has 0 radical (unpaired) electrons. The molecule has 4 nitrogen and oxygen atoms in total. The van der Waals surface area contributed by atoms with Crippen LogP contribution in [0.1, 0.15) is 13.3 Å². The number of nitrogens with one attached hydrogen (secondary N) is 1. The minimum atomic E-state index is -0.433. The predicted molar refractivity (Wildman–Crippen MR) is 73.2 cm³/mol. The molecule has 0 fully saturated rings. The van der Waals surface area contributed by atoms with Gasteiger partial charge in [0.2, 0.25) is 5.91 Å². The number of hydrogen-bond acceptors (Lipinski definition) is 2. The van der Waals surface area contributed by atoms with Crippen molar-refractivity contribution >= 4 is 16.8 Å². The number of carbonyl (C=O) groups excluding carboxylic acids is 1. The summed E-state index contributed by atoms with van der Waals surface area (Å²) in [7, 11) is 0. The molecule has 1 heterocycles. The molecule has 4 heteroatoms. The summed E-state index contributed by atoms with van der Waals surface area (Å²) in [5.74, 6) is -0.0904. The number of fused-ring (bicyclic) bond motifs is 1. The van der Waals surface area contributed by atoms with E-state index in [2.05, 4.69) is 34.3 Å². The van der Waals surface area contributed by atoms with E-state index in [-0.39, 0.29) is 5.91 Å². The van der Waals surface area contributed by atoms with Crippen molar-refractivity contribution < 1.29 is 4.79 Å². The van der Waals surface area contributed by atoms with Crippen molar-refractivity contribution in [1.82, 2.24) is 9.88 Å². The van der Waals surface area contributed by atoms with Gasteiger partial charge < -0.3 is 15.6 Å². The first-order chi connectivity index (χ1) is 8.68.